The number of benzene rings is 1. The van der Waals surface area contributed by atoms with E-state index in [1.807, 2.05) is 12.1 Å². The number of halogens is 1. The van der Waals surface area contributed by atoms with Gasteiger partial charge in [0.25, 0.3) is 0 Å². The van der Waals surface area contributed by atoms with Crippen molar-refractivity contribution in [3.8, 4) is 0 Å². The van der Waals surface area contributed by atoms with Crippen LogP contribution in [0.15, 0.2) is 24.3 Å². The highest BCUT2D eigenvalue weighted by molar-refractivity contribution is 9.09. The second-order valence-electron chi connectivity index (χ2n) is 5.28. The van der Waals surface area contributed by atoms with Gasteiger partial charge in [0.1, 0.15) is 0 Å². The molecule has 0 aliphatic heterocycles. The molecule has 1 aromatic rings. The van der Waals surface area contributed by atoms with Crippen LogP contribution in [0.5, 0.6) is 0 Å². The van der Waals surface area contributed by atoms with Gasteiger partial charge in [0.15, 0.2) is 9.84 Å². The summed E-state index contributed by atoms with van der Waals surface area (Å²) in [6.07, 6.45) is 2.33. The Labute approximate surface area is 119 Å². The van der Waals surface area contributed by atoms with Gasteiger partial charge in [0, 0.05) is 6.26 Å². The fourth-order valence-electron chi connectivity index (χ4n) is 1.80. The summed E-state index contributed by atoms with van der Waals surface area (Å²) in [5.74, 6) is 0.630. The molecular weight excluding hydrogens is 312 g/mol. The molecule has 0 spiro atoms. The first-order chi connectivity index (χ1) is 8.21. The average molecular weight is 333 g/mol. The molecule has 1 rings (SSSR count). The lowest BCUT2D eigenvalue weighted by atomic mass is 10.0. The van der Waals surface area contributed by atoms with Crippen molar-refractivity contribution in [2.75, 3.05) is 6.26 Å². The Morgan fingerprint density at radius 1 is 1.11 bits per heavy atom. The van der Waals surface area contributed by atoms with Crippen molar-refractivity contribution in [2.24, 2.45) is 5.92 Å². The van der Waals surface area contributed by atoms with Crippen LogP contribution in [-0.2, 0) is 16.3 Å². The monoisotopic (exact) mass is 332 g/mol. The van der Waals surface area contributed by atoms with Gasteiger partial charge in [-0.1, -0.05) is 54.0 Å². The second kappa shape index (κ2) is 6.20. The van der Waals surface area contributed by atoms with Crippen molar-refractivity contribution in [3.63, 3.8) is 0 Å². The van der Waals surface area contributed by atoms with E-state index in [2.05, 4.69) is 41.9 Å². The zero-order valence-corrected chi connectivity index (χ0v) is 13.8. The molecule has 1 aromatic carbocycles. The highest BCUT2D eigenvalue weighted by Gasteiger charge is 2.24. The van der Waals surface area contributed by atoms with Gasteiger partial charge in [-0.25, -0.2) is 8.42 Å². The summed E-state index contributed by atoms with van der Waals surface area (Å²) in [4.78, 5) is -0.152. The summed E-state index contributed by atoms with van der Waals surface area (Å²) in [5.41, 5.74) is 2.31. The molecule has 0 aromatic heterocycles. The van der Waals surface area contributed by atoms with Gasteiger partial charge >= 0.3 is 0 Å². The normalized spacial score (nSPS) is 15.7. The Bertz CT molecular complexity index is 477. The third-order valence-corrected chi connectivity index (χ3v) is 6.32. The second-order valence-corrected chi connectivity index (χ2v) is 8.67. The van der Waals surface area contributed by atoms with E-state index in [0.29, 0.717) is 5.92 Å². The maximum atomic E-state index is 11.5. The lowest BCUT2D eigenvalue weighted by Crippen LogP contribution is -2.20. The van der Waals surface area contributed by atoms with Crippen molar-refractivity contribution >= 4 is 25.8 Å². The van der Waals surface area contributed by atoms with Gasteiger partial charge < -0.3 is 0 Å². The standard InChI is InChI=1S/C14H21BrO2S/c1-10(2)9-12-5-7-13(8-6-12)14(15)11(3)18(4,16)17/h5-8,10-11,14H,9H2,1-4H3. The SMILES string of the molecule is CC(C)Cc1ccc(C(Br)C(C)S(C)(=O)=O)cc1. The molecule has 2 nitrogen and oxygen atoms in total. The Kier molecular flexibility index (Phi) is 5.41. The molecule has 0 saturated carbocycles. The molecule has 4 heteroatoms. The van der Waals surface area contributed by atoms with E-state index in [1.165, 1.54) is 11.8 Å². The lowest BCUT2D eigenvalue weighted by molar-refractivity contribution is 0.588. The minimum absolute atomic E-state index is 0.152. The van der Waals surface area contributed by atoms with Crippen LogP contribution in [0, 0.1) is 5.92 Å². The third kappa shape index (κ3) is 4.39. The number of alkyl halides is 1. The zero-order valence-electron chi connectivity index (χ0n) is 11.4. The van der Waals surface area contributed by atoms with Crippen LogP contribution in [-0.4, -0.2) is 19.9 Å². The summed E-state index contributed by atoms with van der Waals surface area (Å²) >= 11 is 3.48. The van der Waals surface area contributed by atoms with Gasteiger partial charge in [0.05, 0.1) is 10.1 Å². The topological polar surface area (TPSA) is 34.1 Å². The van der Waals surface area contributed by atoms with Crippen LogP contribution < -0.4 is 0 Å². The van der Waals surface area contributed by atoms with Gasteiger partial charge in [-0.2, -0.15) is 0 Å². The molecule has 0 amide bonds. The summed E-state index contributed by atoms with van der Waals surface area (Å²) in [6, 6.07) is 8.19. The van der Waals surface area contributed by atoms with Gasteiger partial charge in [-0.3, -0.25) is 0 Å². The van der Waals surface area contributed by atoms with Crippen molar-refractivity contribution in [2.45, 2.75) is 37.3 Å². The molecule has 2 atom stereocenters. The lowest BCUT2D eigenvalue weighted by Gasteiger charge is -2.17. The summed E-state index contributed by atoms with van der Waals surface area (Å²) in [6.45, 7) is 6.11. The van der Waals surface area contributed by atoms with Crippen LogP contribution in [0.25, 0.3) is 0 Å². The maximum Gasteiger partial charge on any atom is 0.151 e. The first-order valence-electron chi connectivity index (χ1n) is 6.13. The van der Waals surface area contributed by atoms with E-state index in [-0.39, 0.29) is 4.83 Å². The van der Waals surface area contributed by atoms with E-state index >= 15 is 0 Å². The molecule has 0 fully saturated rings. The van der Waals surface area contributed by atoms with Crippen molar-refractivity contribution < 1.29 is 8.42 Å². The molecule has 0 N–H and O–H groups in total. The first-order valence-corrected chi connectivity index (χ1v) is 9.00. The molecule has 0 aliphatic rings. The predicted molar refractivity (Wildman–Crippen MR) is 81.0 cm³/mol. The molecule has 0 bridgehead atoms. The highest BCUT2D eigenvalue weighted by atomic mass is 79.9. The molecular formula is C14H21BrO2S. The fourth-order valence-corrected chi connectivity index (χ4v) is 3.87. The first kappa shape index (κ1) is 15.7. The van der Waals surface area contributed by atoms with Crippen LogP contribution in [0.2, 0.25) is 0 Å². The van der Waals surface area contributed by atoms with Crippen LogP contribution >= 0.6 is 15.9 Å². The molecule has 2 unspecified atom stereocenters. The Balaban J connectivity index is 2.85. The van der Waals surface area contributed by atoms with Crippen LogP contribution in [0.1, 0.15) is 36.7 Å². The minimum atomic E-state index is -3.03. The predicted octanol–water partition coefficient (Wildman–Crippen LogP) is 3.75. The minimum Gasteiger partial charge on any atom is -0.229 e. The Hall–Kier alpha value is -0.350. The van der Waals surface area contributed by atoms with E-state index in [9.17, 15) is 8.42 Å². The molecule has 18 heavy (non-hydrogen) atoms. The van der Waals surface area contributed by atoms with E-state index in [4.69, 9.17) is 0 Å². The number of hydrogen-bond donors (Lipinski definition) is 0. The molecule has 0 radical (unpaired) electrons. The maximum absolute atomic E-state index is 11.5. The van der Waals surface area contributed by atoms with E-state index in [0.717, 1.165) is 12.0 Å². The van der Waals surface area contributed by atoms with Crippen molar-refractivity contribution in [1.82, 2.24) is 0 Å². The largest absolute Gasteiger partial charge is 0.229 e. The highest BCUT2D eigenvalue weighted by Crippen LogP contribution is 2.30. The summed E-state index contributed by atoms with van der Waals surface area (Å²) in [5, 5.41) is -0.423. The molecule has 0 heterocycles. The van der Waals surface area contributed by atoms with Crippen LogP contribution in [0.3, 0.4) is 0 Å². The molecule has 0 saturated heterocycles. The molecule has 0 aliphatic carbocycles. The quantitative estimate of drug-likeness (QED) is 0.769. The van der Waals surface area contributed by atoms with Crippen molar-refractivity contribution in [1.29, 1.82) is 0 Å². The average Bonchev–Trinajstić information content (AvgIpc) is 2.26. The van der Waals surface area contributed by atoms with Crippen LogP contribution in [0.4, 0.5) is 0 Å². The number of hydrogen-bond acceptors (Lipinski definition) is 2. The van der Waals surface area contributed by atoms with Gasteiger partial charge in [0.2, 0.25) is 0 Å². The third-order valence-electron chi connectivity index (χ3n) is 3.03. The van der Waals surface area contributed by atoms with Gasteiger partial charge in [-0.15, -0.1) is 0 Å². The van der Waals surface area contributed by atoms with E-state index < -0.39 is 15.1 Å². The van der Waals surface area contributed by atoms with Crippen molar-refractivity contribution in [3.05, 3.63) is 35.4 Å². The smallest absolute Gasteiger partial charge is 0.151 e. The molecule has 102 valence electrons. The summed E-state index contributed by atoms with van der Waals surface area (Å²) < 4.78 is 23.1. The fraction of sp³-hybridized carbons (Fsp3) is 0.571. The number of rotatable bonds is 5. The number of sulfone groups is 1. The van der Waals surface area contributed by atoms with Gasteiger partial charge in [-0.05, 0) is 30.4 Å². The van der Waals surface area contributed by atoms with E-state index in [1.54, 1.807) is 6.92 Å². The Morgan fingerprint density at radius 3 is 2.00 bits per heavy atom. The Morgan fingerprint density at radius 2 is 1.61 bits per heavy atom. The summed E-state index contributed by atoms with van der Waals surface area (Å²) in [7, 11) is -3.03. The zero-order chi connectivity index (χ0) is 13.9.